The average molecular weight is 856 g/mol. The number of nitrogens with zero attached hydrogens (tertiary/aromatic N) is 3. The topological polar surface area (TPSA) is 152 Å². The number of fused-ring (bicyclic) bond motifs is 5. The normalized spacial score (nSPS) is 24.4. The van der Waals surface area contributed by atoms with E-state index in [1.54, 1.807) is 72.8 Å². The van der Waals surface area contributed by atoms with E-state index >= 15 is 9.59 Å². The summed E-state index contributed by atoms with van der Waals surface area (Å²) in [5.41, 5.74) is 5.86. The molecule has 0 bridgehead atoms. The van der Waals surface area contributed by atoms with Crippen molar-refractivity contribution in [2.24, 2.45) is 23.7 Å². The molecular weight excluding hydrogens is 819 g/mol. The van der Waals surface area contributed by atoms with Crippen molar-refractivity contribution in [2.45, 2.75) is 24.2 Å². The van der Waals surface area contributed by atoms with Gasteiger partial charge in [-0.15, -0.1) is 0 Å². The molecular formula is C47H36Cl2N4O8. The maximum Gasteiger partial charge on any atom is 0.260 e. The van der Waals surface area contributed by atoms with Gasteiger partial charge in [0, 0.05) is 16.5 Å². The lowest BCUT2D eigenvalue weighted by molar-refractivity contribution is -0.138. The Balaban J connectivity index is 1.09. The molecule has 0 radical (unpaired) electrons. The molecule has 5 aromatic carbocycles. The number of ether oxygens (including phenoxy) is 2. The lowest BCUT2D eigenvalue weighted by atomic mass is 9.49. The fourth-order valence-corrected chi connectivity index (χ4v) is 10.6. The van der Waals surface area contributed by atoms with Gasteiger partial charge in [0.25, 0.3) is 11.8 Å². The summed E-state index contributed by atoms with van der Waals surface area (Å²) in [7, 11) is 2.97. The number of hydrogen-bond donors (Lipinski definition) is 2. The van der Waals surface area contributed by atoms with Gasteiger partial charge < -0.3 is 19.0 Å². The maximum atomic E-state index is 15.5. The predicted molar refractivity (Wildman–Crippen MR) is 227 cm³/mol. The first-order valence-electron chi connectivity index (χ1n) is 19.7. The minimum absolute atomic E-state index is 0.0677. The minimum atomic E-state index is -1.60. The van der Waals surface area contributed by atoms with Gasteiger partial charge in [0.15, 0.2) is 17.1 Å². The second kappa shape index (κ2) is 14.5. The van der Waals surface area contributed by atoms with Crippen LogP contribution in [0.25, 0.3) is 22.6 Å². The van der Waals surface area contributed by atoms with Gasteiger partial charge in [-0.3, -0.25) is 29.5 Å². The van der Waals surface area contributed by atoms with Crippen molar-refractivity contribution in [2.75, 3.05) is 24.5 Å². The summed E-state index contributed by atoms with van der Waals surface area (Å²) >= 11 is 12.8. The molecule has 1 aromatic heterocycles. The molecule has 61 heavy (non-hydrogen) atoms. The van der Waals surface area contributed by atoms with Crippen molar-refractivity contribution in [3.63, 3.8) is 0 Å². The summed E-state index contributed by atoms with van der Waals surface area (Å²) in [5.74, 6) is -4.99. The number of phenols is 1. The number of oxazole rings is 1. The number of hydrogen-bond acceptors (Lipinski definition) is 10. The van der Waals surface area contributed by atoms with Crippen molar-refractivity contribution in [3.8, 4) is 28.7 Å². The Kier molecular flexibility index (Phi) is 9.19. The van der Waals surface area contributed by atoms with Crippen LogP contribution in [-0.2, 0) is 24.6 Å². The van der Waals surface area contributed by atoms with Gasteiger partial charge in [0.1, 0.15) is 11.3 Å². The number of para-hydroxylation sites is 2. The number of anilines is 2. The number of aromatic hydroxyl groups is 1. The summed E-state index contributed by atoms with van der Waals surface area (Å²) in [6.07, 6.45) is 2.23. The summed E-state index contributed by atoms with van der Waals surface area (Å²) in [4.78, 5) is 65.7. The number of halogens is 2. The minimum Gasteiger partial charge on any atom is -0.504 e. The highest BCUT2D eigenvalue weighted by Gasteiger charge is 2.70. The SMILES string of the molecule is COc1ccc(C23C(=O)N(Nc4ccc(Cl)cc4Cl)C(=O)C2CC2C(=CCC4C(=O)N(c5ccc(-c6nc7ccccc7o6)cc5)C(=O)C42)C3c2ccc(OC)c(O)c2)cc1. The number of rotatable bonds is 8. The Hall–Kier alpha value is -6.63. The number of amides is 4. The quantitative estimate of drug-likeness (QED) is 0.112. The summed E-state index contributed by atoms with van der Waals surface area (Å²) in [6.45, 7) is 0. The van der Waals surface area contributed by atoms with E-state index in [4.69, 9.17) is 37.1 Å². The molecule has 3 fully saturated rings. The Labute approximate surface area is 359 Å². The van der Waals surface area contributed by atoms with Crippen molar-refractivity contribution < 1.29 is 38.2 Å². The van der Waals surface area contributed by atoms with Crippen LogP contribution in [0.4, 0.5) is 11.4 Å². The molecule has 1 saturated carbocycles. The number of hydrazine groups is 1. The number of imide groups is 2. The second-order valence-electron chi connectivity index (χ2n) is 15.7. The molecule has 2 N–H and O–H groups in total. The molecule has 6 atom stereocenters. The molecule has 2 saturated heterocycles. The number of allylic oxidation sites excluding steroid dienone is 2. The van der Waals surface area contributed by atoms with Gasteiger partial charge in [0.2, 0.25) is 17.7 Å². The third-order valence-electron chi connectivity index (χ3n) is 12.8. The zero-order valence-corrected chi connectivity index (χ0v) is 34.2. The maximum absolute atomic E-state index is 15.5. The Morgan fingerprint density at radius 1 is 0.836 bits per heavy atom. The van der Waals surface area contributed by atoms with E-state index in [1.807, 2.05) is 30.3 Å². The fraction of sp³-hybridized carbons (Fsp3) is 0.213. The third-order valence-corrected chi connectivity index (χ3v) is 13.3. The lowest BCUT2D eigenvalue weighted by Crippen LogP contribution is -2.53. The molecule has 4 amide bonds. The molecule has 12 nitrogen and oxygen atoms in total. The lowest BCUT2D eigenvalue weighted by Gasteiger charge is -2.50. The highest BCUT2D eigenvalue weighted by molar-refractivity contribution is 6.36. The van der Waals surface area contributed by atoms with Crippen molar-refractivity contribution in [1.29, 1.82) is 0 Å². The summed E-state index contributed by atoms with van der Waals surface area (Å²) in [6, 6.07) is 31.0. The Morgan fingerprint density at radius 3 is 2.31 bits per heavy atom. The zero-order chi connectivity index (χ0) is 42.3. The first-order valence-corrected chi connectivity index (χ1v) is 20.4. The molecule has 0 spiro atoms. The van der Waals surface area contributed by atoms with Crippen LogP contribution in [0.3, 0.4) is 0 Å². The Bertz CT molecular complexity index is 2810. The zero-order valence-electron chi connectivity index (χ0n) is 32.7. The number of phenolic OH excluding ortho intramolecular Hbond substituents is 1. The van der Waals surface area contributed by atoms with E-state index in [-0.39, 0.29) is 41.0 Å². The first-order chi connectivity index (χ1) is 29.5. The highest BCUT2D eigenvalue weighted by atomic mass is 35.5. The highest BCUT2D eigenvalue weighted by Crippen LogP contribution is 2.64. The van der Waals surface area contributed by atoms with Crippen LogP contribution in [0.15, 0.2) is 125 Å². The van der Waals surface area contributed by atoms with E-state index in [9.17, 15) is 14.7 Å². The smallest absolute Gasteiger partial charge is 0.260 e. The average Bonchev–Trinajstić information content (AvgIpc) is 3.89. The van der Waals surface area contributed by atoms with Crippen molar-refractivity contribution in [3.05, 3.63) is 142 Å². The molecule has 14 heteroatoms. The monoisotopic (exact) mass is 854 g/mol. The van der Waals surface area contributed by atoms with Gasteiger partial charge in [-0.2, -0.15) is 5.01 Å². The number of methoxy groups -OCH3 is 2. The van der Waals surface area contributed by atoms with Crippen LogP contribution >= 0.6 is 23.2 Å². The number of aromatic nitrogens is 1. The molecule has 2 aliphatic heterocycles. The summed E-state index contributed by atoms with van der Waals surface area (Å²) < 4.78 is 16.8. The van der Waals surface area contributed by atoms with Gasteiger partial charge in [-0.05, 0) is 109 Å². The molecule has 306 valence electrons. The first kappa shape index (κ1) is 38.6. The number of carbonyl (C=O) groups excluding carboxylic acids is 4. The van der Waals surface area contributed by atoms with Gasteiger partial charge in [-0.1, -0.05) is 65.2 Å². The van der Waals surface area contributed by atoms with Crippen LogP contribution in [0.1, 0.15) is 29.9 Å². The number of nitrogens with one attached hydrogen (secondary N) is 1. The molecule has 3 heterocycles. The van der Waals surface area contributed by atoms with Crippen LogP contribution in [0.5, 0.6) is 17.2 Å². The predicted octanol–water partition coefficient (Wildman–Crippen LogP) is 8.71. The summed E-state index contributed by atoms with van der Waals surface area (Å²) in [5, 5.41) is 12.8. The van der Waals surface area contributed by atoms with E-state index in [0.717, 1.165) is 10.6 Å². The molecule has 4 aliphatic rings. The number of carbonyl (C=O) groups is 4. The van der Waals surface area contributed by atoms with E-state index in [0.29, 0.717) is 50.1 Å². The van der Waals surface area contributed by atoms with E-state index < -0.39 is 52.7 Å². The van der Waals surface area contributed by atoms with E-state index in [1.165, 1.54) is 31.3 Å². The van der Waals surface area contributed by atoms with Gasteiger partial charge in [-0.25, -0.2) is 4.98 Å². The number of benzene rings is 5. The van der Waals surface area contributed by atoms with Crippen LogP contribution in [0.2, 0.25) is 10.0 Å². The molecule has 6 aromatic rings. The molecule has 10 rings (SSSR count). The molecule has 2 aliphatic carbocycles. The standard InChI is InChI=1S/C47H36Cl2N4O8/c1-59-29-15-10-26(11-16-29)47-33(44(56)53(46(47)58)51-35-19-12-27(48)22-34(35)49)23-32-30(41(47)25-9-20-39(60-2)37(54)21-25)17-18-31-40(32)45(57)52(43(31)55)28-13-7-24(8-14-28)42-50-36-5-3-4-6-38(36)61-42/h3-17,19-22,31-33,40-41,51,54H,18,23H2,1-2H3. The third kappa shape index (κ3) is 5.83. The van der Waals surface area contributed by atoms with Gasteiger partial charge >= 0.3 is 0 Å². The second-order valence-corrected chi connectivity index (χ2v) is 16.5. The van der Waals surface area contributed by atoms with Crippen LogP contribution in [0, 0.1) is 23.7 Å². The van der Waals surface area contributed by atoms with Crippen molar-refractivity contribution >= 4 is 69.3 Å². The van der Waals surface area contributed by atoms with Crippen LogP contribution in [-0.4, -0.2) is 52.9 Å². The Morgan fingerprint density at radius 2 is 1.61 bits per heavy atom. The van der Waals surface area contributed by atoms with Crippen LogP contribution < -0.4 is 19.8 Å². The van der Waals surface area contributed by atoms with E-state index in [2.05, 4.69) is 10.4 Å². The fourth-order valence-electron chi connectivity index (χ4n) is 10.1. The van der Waals surface area contributed by atoms with Crippen molar-refractivity contribution in [1.82, 2.24) is 9.99 Å². The van der Waals surface area contributed by atoms with Gasteiger partial charge in [0.05, 0.1) is 53.8 Å². The molecule has 6 unspecified atom stereocenters. The largest absolute Gasteiger partial charge is 0.504 e.